The second-order valence-electron chi connectivity index (χ2n) is 8.36. The third kappa shape index (κ3) is 5.43. The number of rotatable bonds is 7. The number of anilines is 1. The first-order valence-electron chi connectivity index (χ1n) is 10.6. The maximum atomic E-state index is 10.3. The van der Waals surface area contributed by atoms with Crippen molar-refractivity contribution in [2.75, 3.05) is 37.6 Å². The first-order chi connectivity index (χ1) is 13.8. The minimum Gasteiger partial charge on any atom is -0.385 e. The van der Waals surface area contributed by atoms with Gasteiger partial charge in [0.15, 0.2) is 0 Å². The maximum absolute atomic E-state index is 10.3. The molecule has 1 fully saturated rings. The number of hydrogen-bond donors (Lipinski definition) is 1. The molecule has 0 radical (unpaired) electrons. The molecule has 1 N–H and O–H groups in total. The number of piperazine rings is 1. The summed E-state index contributed by atoms with van der Waals surface area (Å²) in [6.45, 7) is 16.0. The molecule has 0 amide bonds. The Morgan fingerprint density at radius 3 is 2.52 bits per heavy atom. The second-order valence-corrected chi connectivity index (χ2v) is 8.36. The van der Waals surface area contributed by atoms with Crippen LogP contribution in [-0.4, -0.2) is 58.3 Å². The van der Waals surface area contributed by atoms with Gasteiger partial charge < -0.3 is 10.0 Å². The van der Waals surface area contributed by atoms with Gasteiger partial charge in [0.2, 0.25) is 0 Å². The normalized spacial score (nSPS) is 17.2. The van der Waals surface area contributed by atoms with E-state index in [4.69, 9.17) is 9.97 Å². The minimum absolute atomic E-state index is 0.615. The summed E-state index contributed by atoms with van der Waals surface area (Å²) in [5.74, 6) is 1.91. The van der Waals surface area contributed by atoms with Gasteiger partial charge in [-0.25, -0.2) is 9.97 Å². The van der Waals surface area contributed by atoms with Crippen LogP contribution in [0.5, 0.6) is 0 Å². The fourth-order valence-electron chi connectivity index (χ4n) is 4.03. The molecule has 1 saturated heterocycles. The summed E-state index contributed by atoms with van der Waals surface area (Å²) in [7, 11) is 0. The van der Waals surface area contributed by atoms with Crippen LogP contribution in [0.1, 0.15) is 42.1 Å². The lowest BCUT2D eigenvalue weighted by Gasteiger charge is -2.38. The summed E-state index contributed by atoms with van der Waals surface area (Å²) < 4.78 is 0. The fraction of sp³-hybridized carbons (Fsp3) is 0.500. The van der Waals surface area contributed by atoms with Crippen LogP contribution in [0.3, 0.4) is 0 Å². The van der Waals surface area contributed by atoms with Gasteiger partial charge >= 0.3 is 0 Å². The van der Waals surface area contributed by atoms with Crippen molar-refractivity contribution in [3.63, 3.8) is 0 Å². The van der Waals surface area contributed by atoms with E-state index >= 15 is 0 Å². The Hall–Kier alpha value is -2.24. The quantitative estimate of drug-likeness (QED) is 0.730. The molecule has 0 saturated carbocycles. The van der Waals surface area contributed by atoms with Crippen molar-refractivity contribution in [1.29, 1.82) is 0 Å². The fourth-order valence-corrected chi connectivity index (χ4v) is 4.03. The summed E-state index contributed by atoms with van der Waals surface area (Å²) in [5, 5.41) is 10.3. The van der Waals surface area contributed by atoms with Crippen molar-refractivity contribution in [2.24, 2.45) is 0 Å². The van der Waals surface area contributed by atoms with E-state index < -0.39 is 5.60 Å². The van der Waals surface area contributed by atoms with E-state index in [1.54, 1.807) is 6.08 Å². The third-order valence-corrected chi connectivity index (χ3v) is 5.64. The summed E-state index contributed by atoms with van der Waals surface area (Å²) >= 11 is 0. The summed E-state index contributed by atoms with van der Waals surface area (Å²) in [6.07, 6.45) is 3.38. The molecule has 2 aromatic rings. The van der Waals surface area contributed by atoms with Crippen LogP contribution < -0.4 is 4.90 Å². The number of aliphatic hydroxyl groups is 1. The molecule has 1 unspecified atom stereocenters. The number of nitrogens with zero attached hydrogens (tertiary/aromatic N) is 4. The zero-order valence-corrected chi connectivity index (χ0v) is 18.3. The molecule has 5 nitrogen and oxygen atoms in total. The number of aryl methyl sites for hydroxylation is 3. The van der Waals surface area contributed by atoms with Crippen LogP contribution in [0, 0.1) is 13.8 Å². The van der Waals surface area contributed by atoms with Crippen LogP contribution in [0.2, 0.25) is 0 Å². The number of aromatic nitrogens is 2. The molecule has 1 atom stereocenters. The van der Waals surface area contributed by atoms with E-state index in [0.29, 0.717) is 6.54 Å². The second kappa shape index (κ2) is 9.06. The molecule has 1 aromatic heterocycles. The van der Waals surface area contributed by atoms with Crippen LogP contribution in [0.25, 0.3) is 0 Å². The van der Waals surface area contributed by atoms with Gasteiger partial charge in [0, 0.05) is 50.4 Å². The van der Waals surface area contributed by atoms with Gasteiger partial charge in [0.1, 0.15) is 11.6 Å². The van der Waals surface area contributed by atoms with Crippen molar-refractivity contribution in [2.45, 2.75) is 46.1 Å². The highest BCUT2D eigenvalue weighted by Gasteiger charge is 2.26. The highest BCUT2D eigenvalue weighted by molar-refractivity contribution is 5.52. The van der Waals surface area contributed by atoms with Gasteiger partial charge in [0.05, 0.1) is 5.60 Å². The van der Waals surface area contributed by atoms with E-state index in [1.807, 2.05) is 13.8 Å². The molecule has 1 aromatic carbocycles. The van der Waals surface area contributed by atoms with Gasteiger partial charge in [-0.15, -0.1) is 6.58 Å². The van der Waals surface area contributed by atoms with Gasteiger partial charge in [-0.05, 0) is 32.8 Å². The lowest BCUT2D eigenvalue weighted by molar-refractivity contribution is 0.0596. The molecule has 0 aliphatic carbocycles. The summed E-state index contributed by atoms with van der Waals surface area (Å²) in [6, 6.07) is 8.69. The average molecular weight is 395 g/mol. The summed E-state index contributed by atoms with van der Waals surface area (Å²) in [4.78, 5) is 14.3. The number of hydrogen-bond acceptors (Lipinski definition) is 5. The Balaban J connectivity index is 1.83. The van der Waals surface area contributed by atoms with E-state index in [1.165, 1.54) is 16.7 Å². The van der Waals surface area contributed by atoms with Crippen molar-refractivity contribution in [3.8, 4) is 0 Å². The third-order valence-electron chi connectivity index (χ3n) is 5.64. The predicted molar refractivity (Wildman–Crippen MR) is 120 cm³/mol. The Morgan fingerprint density at radius 2 is 1.90 bits per heavy atom. The Morgan fingerprint density at radius 1 is 1.17 bits per heavy atom. The van der Waals surface area contributed by atoms with Crippen LogP contribution in [0.4, 0.5) is 5.82 Å². The molecule has 5 heteroatoms. The standard InChI is InChI=1S/C24H34N4O/c1-6-22-21(16-20-10-8-9-18(3)15-20)23(26-19(4)25-22)28-13-11-27(12-14-28)17-24(5,29)7-2/h7-10,15,29H,2,6,11-14,16-17H2,1,3-5H3. The predicted octanol–water partition coefficient (Wildman–Crippen LogP) is 3.31. The molecule has 1 aliphatic rings. The Labute approximate surface area is 175 Å². The molecule has 0 spiro atoms. The van der Waals surface area contributed by atoms with E-state index in [9.17, 15) is 5.11 Å². The monoisotopic (exact) mass is 394 g/mol. The van der Waals surface area contributed by atoms with Gasteiger partial charge in [-0.2, -0.15) is 0 Å². The van der Waals surface area contributed by atoms with Gasteiger partial charge in [-0.3, -0.25) is 4.90 Å². The minimum atomic E-state index is -0.848. The van der Waals surface area contributed by atoms with E-state index in [0.717, 1.165) is 56.4 Å². The highest BCUT2D eigenvalue weighted by Crippen LogP contribution is 2.26. The van der Waals surface area contributed by atoms with E-state index in [-0.39, 0.29) is 0 Å². The first kappa shape index (κ1) is 21.5. The van der Waals surface area contributed by atoms with Crippen molar-refractivity contribution in [1.82, 2.24) is 14.9 Å². The van der Waals surface area contributed by atoms with E-state index in [2.05, 4.69) is 54.5 Å². The largest absolute Gasteiger partial charge is 0.385 e. The molecule has 1 aliphatic heterocycles. The zero-order chi connectivity index (χ0) is 21.0. The Bertz CT molecular complexity index is 854. The van der Waals surface area contributed by atoms with Gasteiger partial charge in [0.25, 0.3) is 0 Å². The molecule has 0 bridgehead atoms. The van der Waals surface area contributed by atoms with Crippen molar-refractivity contribution >= 4 is 5.82 Å². The average Bonchev–Trinajstić information content (AvgIpc) is 2.69. The number of benzene rings is 1. The zero-order valence-electron chi connectivity index (χ0n) is 18.3. The van der Waals surface area contributed by atoms with Crippen LogP contribution >= 0.6 is 0 Å². The molecule has 156 valence electrons. The lowest BCUT2D eigenvalue weighted by Crippen LogP contribution is -2.51. The van der Waals surface area contributed by atoms with Crippen molar-refractivity contribution in [3.05, 3.63) is 65.1 Å². The van der Waals surface area contributed by atoms with Gasteiger partial charge in [-0.1, -0.05) is 42.8 Å². The Kier molecular flexibility index (Phi) is 6.70. The SMILES string of the molecule is C=CC(C)(O)CN1CCN(c2nc(C)nc(CC)c2Cc2cccc(C)c2)CC1. The van der Waals surface area contributed by atoms with Crippen molar-refractivity contribution < 1.29 is 5.11 Å². The number of β-amino-alcohol motifs (C(OH)–C–C–N with tert-alkyl or cyclic N) is 1. The molecular weight excluding hydrogens is 360 g/mol. The smallest absolute Gasteiger partial charge is 0.136 e. The molecule has 29 heavy (non-hydrogen) atoms. The topological polar surface area (TPSA) is 52.5 Å². The lowest BCUT2D eigenvalue weighted by atomic mass is 10.00. The molecule has 3 rings (SSSR count). The molecular formula is C24H34N4O. The van der Waals surface area contributed by atoms with Crippen LogP contribution in [-0.2, 0) is 12.8 Å². The summed E-state index contributed by atoms with van der Waals surface area (Å²) in [5.41, 5.74) is 4.12. The first-order valence-corrected chi connectivity index (χ1v) is 10.6. The highest BCUT2D eigenvalue weighted by atomic mass is 16.3. The maximum Gasteiger partial charge on any atom is 0.136 e. The molecule has 2 heterocycles. The van der Waals surface area contributed by atoms with Crippen LogP contribution in [0.15, 0.2) is 36.9 Å².